The summed E-state index contributed by atoms with van der Waals surface area (Å²) in [6.45, 7) is -0.0379. The molecule has 0 radical (unpaired) electrons. The van der Waals surface area contributed by atoms with Crippen molar-refractivity contribution in [2.45, 2.75) is 25.5 Å². The van der Waals surface area contributed by atoms with Gasteiger partial charge in [0, 0.05) is 5.69 Å². The number of amides is 1. The number of hydrogen-bond donors (Lipinski definition) is 3. The topological polar surface area (TPSA) is 117 Å². The fourth-order valence-electron chi connectivity index (χ4n) is 2.44. The van der Waals surface area contributed by atoms with E-state index in [0.29, 0.717) is 30.6 Å². The Hall–Kier alpha value is -3.41. The molecular weight excluding hydrogens is 429 g/mol. The van der Waals surface area contributed by atoms with Crippen LogP contribution in [0.1, 0.15) is 18.4 Å². The molecule has 0 aliphatic heterocycles. The van der Waals surface area contributed by atoms with E-state index in [1.807, 2.05) is 0 Å². The Kier molecular flexibility index (Phi) is 8.14. The van der Waals surface area contributed by atoms with E-state index in [-0.39, 0.29) is 0 Å². The highest BCUT2D eigenvalue weighted by Gasteiger charge is 2.29. The number of anilines is 1. The highest BCUT2D eigenvalue weighted by atomic mass is 19.2. The van der Waals surface area contributed by atoms with Crippen molar-refractivity contribution in [1.29, 1.82) is 0 Å². The molecule has 12 heteroatoms. The van der Waals surface area contributed by atoms with Gasteiger partial charge in [0.15, 0.2) is 0 Å². The molecule has 0 fully saturated rings. The molecule has 7 nitrogen and oxygen atoms in total. The minimum Gasteiger partial charge on any atom is -0.429 e. The van der Waals surface area contributed by atoms with Crippen molar-refractivity contribution < 1.29 is 41.0 Å². The van der Waals surface area contributed by atoms with Crippen molar-refractivity contribution in [2.24, 2.45) is 11.5 Å². The highest BCUT2D eigenvalue weighted by Crippen LogP contribution is 2.29. The van der Waals surface area contributed by atoms with Gasteiger partial charge < -0.3 is 26.3 Å². The van der Waals surface area contributed by atoms with Crippen LogP contribution < -0.4 is 21.5 Å². The second-order valence-electron chi connectivity index (χ2n) is 6.27. The first-order chi connectivity index (χ1) is 14.6. The quantitative estimate of drug-likeness (QED) is 0.179. The van der Waals surface area contributed by atoms with E-state index >= 15 is 0 Å². The van der Waals surface area contributed by atoms with Gasteiger partial charge in [-0.25, -0.2) is 18.0 Å². The van der Waals surface area contributed by atoms with Crippen molar-refractivity contribution in [2.75, 3.05) is 11.9 Å². The van der Waals surface area contributed by atoms with Crippen LogP contribution in [0.2, 0.25) is 0 Å². The van der Waals surface area contributed by atoms with Gasteiger partial charge in [-0.15, -0.1) is 0 Å². The Balaban J connectivity index is 1.97. The summed E-state index contributed by atoms with van der Waals surface area (Å²) in [6.07, 6.45) is -0.668. The maximum absolute atomic E-state index is 13.5. The van der Waals surface area contributed by atoms with E-state index in [4.69, 9.17) is 11.5 Å². The van der Waals surface area contributed by atoms with Crippen LogP contribution >= 0.6 is 0 Å². The van der Waals surface area contributed by atoms with Crippen LogP contribution in [-0.4, -0.2) is 24.6 Å². The summed E-state index contributed by atoms with van der Waals surface area (Å²) < 4.78 is 75.0. The number of benzene rings is 2. The molecule has 31 heavy (non-hydrogen) atoms. The van der Waals surface area contributed by atoms with Gasteiger partial charge in [0.1, 0.15) is 12.6 Å². The molecule has 5 N–H and O–H groups in total. The van der Waals surface area contributed by atoms with Crippen molar-refractivity contribution in [1.82, 2.24) is 0 Å². The summed E-state index contributed by atoms with van der Waals surface area (Å²) in [5, 5.41) is 2.92. The number of halogens is 5. The van der Waals surface area contributed by atoms with Crippen molar-refractivity contribution >= 4 is 17.7 Å². The zero-order chi connectivity index (χ0) is 23.1. The first kappa shape index (κ1) is 23.9. The second-order valence-corrected chi connectivity index (χ2v) is 6.27. The predicted octanol–water partition coefficient (Wildman–Crippen LogP) is 3.10. The van der Waals surface area contributed by atoms with Crippen LogP contribution in [0.25, 0.3) is 0 Å². The molecule has 0 aromatic heterocycles. The SMILES string of the molecule is NCCC[C@H](Nc1ccc(COC(=O)Oc2c(F)c(F)c(F)c(F)c2F)cc1)C(N)=O. The minimum atomic E-state index is -2.38. The van der Waals surface area contributed by atoms with Crippen LogP contribution in [0, 0.1) is 29.1 Å². The standard InChI is InChI=1S/C19H18F5N3O4/c20-12-13(21)15(23)17(16(24)14(12)22)31-19(29)30-8-9-3-5-10(6-4-9)27-11(18(26)28)2-1-7-25/h3-6,11,27H,1-2,7-8,25H2,(H2,26,28)/t11-/m0/s1. The lowest BCUT2D eigenvalue weighted by Gasteiger charge is -2.16. The summed E-state index contributed by atoms with van der Waals surface area (Å²) in [5.74, 6) is -13.8. The average molecular weight is 447 g/mol. The maximum atomic E-state index is 13.5. The number of nitrogens with one attached hydrogen (secondary N) is 1. The lowest BCUT2D eigenvalue weighted by Crippen LogP contribution is -2.35. The van der Waals surface area contributed by atoms with Gasteiger partial charge in [0.05, 0.1) is 0 Å². The zero-order valence-electron chi connectivity index (χ0n) is 15.9. The molecule has 2 rings (SSSR count). The summed E-state index contributed by atoms with van der Waals surface area (Å²) >= 11 is 0. The summed E-state index contributed by atoms with van der Waals surface area (Å²) in [4.78, 5) is 23.0. The Labute approximate surface area is 173 Å². The Bertz CT molecular complexity index is 928. The third kappa shape index (κ3) is 6.04. The number of carbonyl (C=O) groups excluding carboxylic acids is 2. The smallest absolute Gasteiger partial charge is 0.429 e. The minimum absolute atomic E-state index is 0.392. The molecule has 0 saturated carbocycles. The van der Waals surface area contributed by atoms with E-state index in [2.05, 4.69) is 14.8 Å². The van der Waals surface area contributed by atoms with Crippen molar-refractivity contribution in [3.05, 3.63) is 58.9 Å². The predicted molar refractivity (Wildman–Crippen MR) is 98.4 cm³/mol. The molecule has 0 spiro atoms. The van der Waals surface area contributed by atoms with Crippen LogP contribution in [0.4, 0.5) is 32.4 Å². The van der Waals surface area contributed by atoms with Crippen LogP contribution in [0.5, 0.6) is 5.75 Å². The lowest BCUT2D eigenvalue weighted by atomic mass is 10.1. The largest absolute Gasteiger partial charge is 0.514 e. The van der Waals surface area contributed by atoms with Crippen LogP contribution in [0.3, 0.4) is 0 Å². The Morgan fingerprint density at radius 1 is 0.935 bits per heavy atom. The lowest BCUT2D eigenvalue weighted by molar-refractivity contribution is -0.118. The second kappa shape index (κ2) is 10.6. The monoisotopic (exact) mass is 447 g/mol. The molecule has 0 unspecified atom stereocenters. The van der Waals surface area contributed by atoms with Crippen molar-refractivity contribution in [3.63, 3.8) is 0 Å². The first-order valence-corrected chi connectivity index (χ1v) is 8.86. The average Bonchev–Trinajstić information content (AvgIpc) is 2.76. The molecule has 0 aliphatic rings. The summed E-state index contributed by atoms with van der Waals surface area (Å²) in [7, 11) is 0. The molecule has 0 heterocycles. The number of primary amides is 1. The fourth-order valence-corrected chi connectivity index (χ4v) is 2.44. The van der Waals surface area contributed by atoms with Gasteiger partial charge in [-0.2, -0.15) is 8.78 Å². The van der Waals surface area contributed by atoms with Gasteiger partial charge in [-0.3, -0.25) is 4.79 Å². The van der Waals surface area contributed by atoms with Gasteiger partial charge in [0.2, 0.25) is 40.7 Å². The number of nitrogens with two attached hydrogens (primary N) is 2. The highest BCUT2D eigenvalue weighted by molar-refractivity contribution is 5.82. The fraction of sp³-hybridized carbons (Fsp3) is 0.263. The van der Waals surface area contributed by atoms with Gasteiger partial charge in [-0.05, 0) is 37.1 Å². The normalized spacial score (nSPS) is 11.7. The molecule has 0 aliphatic carbocycles. The van der Waals surface area contributed by atoms with E-state index in [0.717, 1.165) is 0 Å². The molecule has 0 saturated heterocycles. The molecule has 168 valence electrons. The number of carbonyl (C=O) groups is 2. The molecule has 2 aromatic rings. The van der Waals surface area contributed by atoms with E-state index in [9.17, 15) is 31.5 Å². The van der Waals surface area contributed by atoms with E-state index in [1.165, 1.54) is 12.1 Å². The van der Waals surface area contributed by atoms with Crippen LogP contribution in [-0.2, 0) is 16.1 Å². The third-order valence-electron chi connectivity index (χ3n) is 4.05. The number of ether oxygens (including phenoxy) is 2. The van der Waals surface area contributed by atoms with E-state index in [1.54, 1.807) is 12.1 Å². The zero-order valence-corrected chi connectivity index (χ0v) is 15.9. The maximum Gasteiger partial charge on any atom is 0.514 e. The van der Waals surface area contributed by atoms with Crippen molar-refractivity contribution in [3.8, 4) is 5.75 Å². The first-order valence-electron chi connectivity index (χ1n) is 8.86. The van der Waals surface area contributed by atoms with Gasteiger partial charge in [-0.1, -0.05) is 12.1 Å². The Morgan fingerprint density at radius 3 is 2.00 bits per heavy atom. The number of rotatable bonds is 9. The van der Waals surface area contributed by atoms with E-state index < -0.39 is 59.5 Å². The number of hydrogen-bond acceptors (Lipinski definition) is 6. The molecule has 2 aromatic carbocycles. The molecule has 1 amide bonds. The Morgan fingerprint density at radius 2 is 1.48 bits per heavy atom. The molecular formula is C19H18F5N3O4. The van der Waals surface area contributed by atoms with Gasteiger partial charge in [0.25, 0.3) is 0 Å². The summed E-state index contributed by atoms with van der Waals surface area (Å²) in [5.41, 5.74) is 11.7. The third-order valence-corrected chi connectivity index (χ3v) is 4.05. The molecule has 0 bridgehead atoms. The van der Waals surface area contributed by atoms with Crippen LogP contribution in [0.15, 0.2) is 24.3 Å². The van der Waals surface area contributed by atoms with Gasteiger partial charge >= 0.3 is 6.16 Å². The molecule has 1 atom stereocenters. The summed E-state index contributed by atoms with van der Waals surface area (Å²) in [6, 6.07) is 5.45.